The summed E-state index contributed by atoms with van der Waals surface area (Å²) in [6.45, 7) is 9.60. The summed E-state index contributed by atoms with van der Waals surface area (Å²) in [6.07, 6.45) is 7.47. The number of hydrogen-bond acceptors (Lipinski definition) is 4. The van der Waals surface area contributed by atoms with Crippen molar-refractivity contribution in [3.63, 3.8) is 0 Å². The van der Waals surface area contributed by atoms with E-state index in [0.29, 0.717) is 11.8 Å². The van der Waals surface area contributed by atoms with E-state index in [1.54, 1.807) is 12.1 Å². The number of halogens is 1. The molecule has 152 valence electrons. The normalized spacial score (nSPS) is 18.1. The van der Waals surface area contributed by atoms with Crippen molar-refractivity contribution >= 4 is 0 Å². The van der Waals surface area contributed by atoms with E-state index in [1.807, 2.05) is 24.5 Å². The molecule has 0 N–H and O–H groups in total. The molecule has 0 aliphatic carbocycles. The minimum Gasteiger partial charge on any atom is -0.303 e. The predicted octanol–water partition coefficient (Wildman–Crippen LogP) is 4.13. The number of rotatable bonds is 8. The monoisotopic (exact) mass is 384 g/mol. The summed E-state index contributed by atoms with van der Waals surface area (Å²) < 4.78 is 13.0. The van der Waals surface area contributed by atoms with E-state index in [1.165, 1.54) is 30.5 Å². The third-order valence-corrected chi connectivity index (χ3v) is 5.50. The van der Waals surface area contributed by atoms with Gasteiger partial charge in [-0.25, -0.2) is 14.4 Å². The van der Waals surface area contributed by atoms with Crippen LogP contribution >= 0.6 is 0 Å². The van der Waals surface area contributed by atoms with Crippen molar-refractivity contribution in [2.45, 2.75) is 45.6 Å². The molecule has 1 aromatic heterocycles. The van der Waals surface area contributed by atoms with E-state index >= 15 is 0 Å². The average Bonchev–Trinajstić information content (AvgIpc) is 2.68. The first-order chi connectivity index (χ1) is 13.5. The first-order valence-electron chi connectivity index (χ1n) is 10.5. The molecule has 0 spiro atoms. The third-order valence-electron chi connectivity index (χ3n) is 5.50. The van der Waals surface area contributed by atoms with Crippen molar-refractivity contribution in [2.75, 3.05) is 33.2 Å². The highest BCUT2D eigenvalue weighted by atomic mass is 19.1. The van der Waals surface area contributed by atoms with Crippen molar-refractivity contribution in [2.24, 2.45) is 5.92 Å². The van der Waals surface area contributed by atoms with Crippen molar-refractivity contribution < 1.29 is 4.39 Å². The second-order valence-electron chi connectivity index (χ2n) is 8.49. The standard InChI is InChI=1S/C23H33FN4/c1-18(2)23-25-13-21(14-26-23)16-27(3)15-20-5-4-11-28(17-20)12-10-19-6-8-22(24)9-7-19/h6-9,13-14,18,20H,4-5,10-12,15-17H2,1-3H3. The molecule has 0 amide bonds. The lowest BCUT2D eigenvalue weighted by atomic mass is 9.97. The van der Waals surface area contributed by atoms with E-state index in [2.05, 4.69) is 40.7 Å². The molecule has 1 saturated heterocycles. The van der Waals surface area contributed by atoms with Gasteiger partial charge in [0.1, 0.15) is 11.6 Å². The second-order valence-corrected chi connectivity index (χ2v) is 8.49. The van der Waals surface area contributed by atoms with E-state index in [-0.39, 0.29) is 5.82 Å². The lowest BCUT2D eigenvalue weighted by Crippen LogP contribution is -2.40. The molecule has 1 fully saturated rings. The van der Waals surface area contributed by atoms with Crippen molar-refractivity contribution in [3.05, 3.63) is 59.4 Å². The molecule has 5 heteroatoms. The van der Waals surface area contributed by atoms with Gasteiger partial charge in [0.2, 0.25) is 0 Å². The maximum absolute atomic E-state index is 13.0. The van der Waals surface area contributed by atoms with Crippen LogP contribution in [-0.4, -0.2) is 53.0 Å². The highest BCUT2D eigenvalue weighted by Crippen LogP contribution is 2.19. The van der Waals surface area contributed by atoms with Gasteiger partial charge in [0, 0.05) is 50.1 Å². The number of likely N-dealkylation sites (tertiary alicyclic amines) is 1. The van der Waals surface area contributed by atoms with Crippen LogP contribution in [0.25, 0.3) is 0 Å². The van der Waals surface area contributed by atoms with Crippen molar-refractivity contribution in [3.8, 4) is 0 Å². The zero-order valence-corrected chi connectivity index (χ0v) is 17.4. The Balaban J connectivity index is 1.43. The van der Waals surface area contributed by atoms with Crippen LogP contribution in [0.4, 0.5) is 4.39 Å². The molecule has 3 rings (SSSR count). The Hall–Kier alpha value is -1.85. The van der Waals surface area contributed by atoms with Crippen molar-refractivity contribution in [1.29, 1.82) is 0 Å². The maximum Gasteiger partial charge on any atom is 0.130 e. The van der Waals surface area contributed by atoms with Gasteiger partial charge in [0.15, 0.2) is 0 Å². The highest BCUT2D eigenvalue weighted by Gasteiger charge is 2.21. The number of aromatic nitrogens is 2. The summed E-state index contributed by atoms with van der Waals surface area (Å²) in [6, 6.07) is 6.91. The summed E-state index contributed by atoms with van der Waals surface area (Å²) in [4.78, 5) is 13.9. The minimum atomic E-state index is -0.158. The van der Waals surface area contributed by atoms with Gasteiger partial charge >= 0.3 is 0 Å². The van der Waals surface area contributed by atoms with E-state index in [0.717, 1.165) is 38.4 Å². The van der Waals surface area contributed by atoms with Crippen LogP contribution < -0.4 is 0 Å². The van der Waals surface area contributed by atoms with E-state index in [4.69, 9.17) is 0 Å². The Bertz CT molecular complexity index is 714. The molecule has 1 unspecified atom stereocenters. The Morgan fingerprint density at radius 3 is 2.54 bits per heavy atom. The van der Waals surface area contributed by atoms with Crippen LogP contribution in [0, 0.1) is 11.7 Å². The number of hydrogen-bond donors (Lipinski definition) is 0. The van der Waals surface area contributed by atoms with Gasteiger partial charge in [-0.05, 0) is 56.5 Å². The fraction of sp³-hybridized carbons (Fsp3) is 0.565. The van der Waals surface area contributed by atoms with E-state index in [9.17, 15) is 4.39 Å². The summed E-state index contributed by atoms with van der Waals surface area (Å²) in [5, 5.41) is 0. The summed E-state index contributed by atoms with van der Waals surface area (Å²) in [5.74, 6) is 1.82. The summed E-state index contributed by atoms with van der Waals surface area (Å²) in [7, 11) is 2.19. The van der Waals surface area contributed by atoms with Crippen LogP contribution in [0.5, 0.6) is 0 Å². The Labute approximate surface area is 168 Å². The molecular formula is C23H33FN4. The van der Waals surface area contributed by atoms with Crippen molar-refractivity contribution in [1.82, 2.24) is 19.8 Å². The van der Waals surface area contributed by atoms with Crippen LogP contribution in [0.3, 0.4) is 0 Å². The van der Waals surface area contributed by atoms with E-state index < -0.39 is 0 Å². The lowest BCUT2D eigenvalue weighted by molar-refractivity contribution is 0.142. The first-order valence-corrected chi connectivity index (χ1v) is 10.5. The van der Waals surface area contributed by atoms with Gasteiger partial charge in [-0.1, -0.05) is 26.0 Å². The smallest absolute Gasteiger partial charge is 0.130 e. The van der Waals surface area contributed by atoms with Gasteiger partial charge < -0.3 is 9.80 Å². The first kappa shape index (κ1) is 20.9. The fourth-order valence-corrected chi connectivity index (χ4v) is 4.00. The molecule has 4 nitrogen and oxygen atoms in total. The summed E-state index contributed by atoms with van der Waals surface area (Å²) >= 11 is 0. The van der Waals surface area contributed by atoms with Crippen LogP contribution in [-0.2, 0) is 13.0 Å². The molecule has 1 aliphatic heterocycles. The quantitative estimate of drug-likeness (QED) is 0.685. The molecule has 0 radical (unpaired) electrons. The second kappa shape index (κ2) is 10.1. The van der Waals surface area contributed by atoms with Gasteiger partial charge in [-0.2, -0.15) is 0 Å². The lowest BCUT2D eigenvalue weighted by Gasteiger charge is -2.34. The molecule has 0 saturated carbocycles. The largest absolute Gasteiger partial charge is 0.303 e. The molecular weight excluding hydrogens is 351 g/mol. The number of nitrogens with zero attached hydrogens (tertiary/aromatic N) is 4. The van der Waals surface area contributed by atoms with Gasteiger partial charge in [-0.15, -0.1) is 0 Å². The van der Waals surface area contributed by atoms with Gasteiger partial charge in [-0.3, -0.25) is 0 Å². The molecule has 1 aliphatic rings. The van der Waals surface area contributed by atoms with Gasteiger partial charge in [0.25, 0.3) is 0 Å². The molecule has 0 bridgehead atoms. The van der Waals surface area contributed by atoms with Crippen LogP contribution in [0.2, 0.25) is 0 Å². The predicted molar refractivity (Wildman–Crippen MR) is 112 cm³/mol. The third kappa shape index (κ3) is 6.35. The van der Waals surface area contributed by atoms with Gasteiger partial charge in [0.05, 0.1) is 0 Å². The van der Waals surface area contributed by atoms with Crippen LogP contribution in [0.15, 0.2) is 36.7 Å². The molecule has 28 heavy (non-hydrogen) atoms. The Morgan fingerprint density at radius 1 is 1.14 bits per heavy atom. The topological polar surface area (TPSA) is 32.3 Å². The SMILES string of the molecule is CC(C)c1ncc(CN(C)CC2CCCN(CCc3ccc(F)cc3)C2)cn1. The molecule has 2 aromatic rings. The average molecular weight is 385 g/mol. The zero-order chi connectivity index (χ0) is 19.9. The zero-order valence-electron chi connectivity index (χ0n) is 17.4. The summed E-state index contributed by atoms with van der Waals surface area (Å²) in [5.41, 5.74) is 2.39. The van der Waals surface area contributed by atoms with Crippen LogP contribution in [0.1, 0.15) is 49.6 Å². The number of benzene rings is 1. The molecule has 2 heterocycles. The maximum atomic E-state index is 13.0. The minimum absolute atomic E-state index is 0.158. The molecule has 1 atom stereocenters. The number of piperidine rings is 1. The Morgan fingerprint density at radius 2 is 1.86 bits per heavy atom. The Kier molecular flexibility index (Phi) is 7.51. The highest BCUT2D eigenvalue weighted by molar-refractivity contribution is 5.16. The molecule has 1 aromatic carbocycles. The fourth-order valence-electron chi connectivity index (χ4n) is 4.00.